The molecule has 2 aromatic rings. The number of fused-ring (bicyclic) bond motifs is 1. The Morgan fingerprint density at radius 3 is 2.55 bits per heavy atom. The van der Waals surface area contributed by atoms with E-state index in [2.05, 4.69) is 5.32 Å². The van der Waals surface area contributed by atoms with E-state index < -0.39 is 23.3 Å². The molecule has 0 saturated carbocycles. The van der Waals surface area contributed by atoms with Crippen molar-refractivity contribution in [1.82, 2.24) is 10.2 Å². The number of thioether (sulfide) groups is 2. The van der Waals surface area contributed by atoms with Gasteiger partial charge in [-0.15, -0.1) is 11.8 Å². The molecule has 0 spiro atoms. The molecule has 0 radical (unpaired) electrons. The lowest BCUT2D eigenvalue weighted by atomic mass is 10.0. The van der Waals surface area contributed by atoms with E-state index in [1.54, 1.807) is 12.1 Å². The first-order valence-corrected chi connectivity index (χ1v) is 11.5. The van der Waals surface area contributed by atoms with Crippen LogP contribution in [0.2, 0.25) is 0 Å². The lowest BCUT2D eigenvalue weighted by Gasteiger charge is -2.49. The zero-order chi connectivity index (χ0) is 22.0. The molecule has 31 heavy (non-hydrogen) atoms. The van der Waals surface area contributed by atoms with Gasteiger partial charge in [0.25, 0.3) is 5.91 Å². The molecule has 2 atom stereocenters. The van der Waals surface area contributed by atoms with Crippen LogP contribution in [0, 0.1) is 0 Å². The Balaban J connectivity index is 1.50. The minimum Gasteiger partial charge on any atom is -0.477 e. The van der Waals surface area contributed by atoms with Gasteiger partial charge in [-0.05, 0) is 17.2 Å². The van der Waals surface area contributed by atoms with Crippen molar-refractivity contribution in [2.24, 2.45) is 0 Å². The van der Waals surface area contributed by atoms with E-state index in [0.717, 1.165) is 10.5 Å². The van der Waals surface area contributed by atoms with Gasteiger partial charge in [-0.1, -0.05) is 60.3 Å². The predicted octanol–water partition coefficient (Wildman–Crippen LogP) is 2.21. The molecule has 7 nitrogen and oxygen atoms in total. The number of hydrogen-bond donors (Lipinski definition) is 3. The van der Waals surface area contributed by atoms with Gasteiger partial charge in [-0.2, -0.15) is 0 Å². The maximum atomic E-state index is 12.8. The molecule has 3 N–H and O–H groups in total. The standard InChI is InChI=1S/C22H20N2O5S2/c25-11-14-8-4-5-9-15(14)31-16-12-30-21-18(20(27)24(21)19(16)22(28)29)23-17(26)10-13-6-2-1-3-7-13/h1-9,18,21,25H,10-12H2,(H,23,26)(H,28,29)/t18-,21-/m1/s1. The van der Waals surface area contributed by atoms with Crippen LogP contribution in [0.5, 0.6) is 0 Å². The second-order valence-corrected chi connectivity index (χ2v) is 9.30. The van der Waals surface area contributed by atoms with Gasteiger partial charge in [-0.25, -0.2) is 4.79 Å². The van der Waals surface area contributed by atoms with Crippen LogP contribution >= 0.6 is 23.5 Å². The van der Waals surface area contributed by atoms with Crippen molar-refractivity contribution in [2.75, 3.05) is 5.75 Å². The molecule has 2 amide bonds. The number of benzene rings is 2. The number of hydrogen-bond acceptors (Lipinski definition) is 6. The average Bonchev–Trinajstić information content (AvgIpc) is 2.78. The van der Waals surface area contributed by atoms with E-state index in [9.17, 15) is 24.6 Å². The van der Waals surface area contributed by atoms with E-state index in [1.165, 1.54) is 28.4 Å². The highest BCUT2D eigenvalue weighted by Gasteiger charge is 2.54. The maximum absolute atomic E-state index is 12.8. The second kappa shape index (κ2) is 9.17. The number of aliphatic carboxylic acids is 1. The number of rotatable bonds is 7. The number of carbonyl (C=O) groups is 3. The zero-order valence-electron chi connectivity index (χ0n) is 16.4. The number of β-lactam (4-membered cyclic amide) rings is 1. The van der Waals surface area contributed by atoms with Crippen LogP contribution in [0.15, 0.2) is 70.1 Å². The molecule has 0 aliphatic carbocycles. The number of carbonyl (C=O) groups excluding carboxylic acids is 2. The normalized spacial score (nSPS) is 20.2. The first-order valence-electron chi connectivity index (χ1n) is 9.60. The highest BCUT2D eigenvalue weighted by Crippen LogP contribution is 2.45. The van der Waals surface area contributed by atoms with Crippen LogP contribution in [0.1, 0.15) is 11.1 Å². The molecule has 2 aliphatic rings. The fraction of sp³-hybridized carbons (Fsp3) is 0.227. The molecule has 4 rings (SSSR count). The summed E-state index contributed by atoms with van der Waals surface area (Å²) >= 11 is 2.67. The predicted molar refractivity (Wildman–Crippen MR) is 118 cm³/mol. The summed E-state index contributed by atoms with van der Waals surface area (Å²) in [6.45, 7) is -0.160. The summed E-state index contributed by atoms with van der Waals surface area (Å²) in [5.74, 6) is -1.49. The zero-order valence-corrected chi connectivity index (χ0v) is 18.0. The smallest absolute Gasteiger partial charge is 0.353 e. The molecule has 9 heteroatoms. The largest absolute Gasteiger partial charge is 0.477 e. The van der Waals surface area contributed by atoms with Crippen LogP contribution < -0.4 is 5.32 Å². The summed E-state index contributed by atoms with van der Waals surface area (Å²) in [4.78, 5) is 39.7. The Morgan fingerprint density at radius 2 is 1.84 bits per heavy atom. The third-order valence-electron chi connectivity index (χ3n) is 5.04. The molecule has 1 saturated heterocycles. The monoisotopic (exact) mass is 456 g/mol. The number of carboxylic acids is 1. The number of amides is 2. The first-order chi connectivity index (χ1) is 15.0. The number of carboxylic acid groups (broad SMARTS) is 1. The summed E-state index contributed by atoms with van der Waals surface area (Å²) in [6, 6.07) is 15.7. The van der Waals surface area contributed by atoms with Crippen molar-refractivity contribution in [2.45, 2.75) is 29.3 Å². The molecule has 0 bridgehead atoms. The Morgan fingerprint density at radius 1 is 1.13 bits per heavy atom. The summed E-state index contributed by atoms with van der Waals surface area (Å²) in [6.07, 6.45) is 0.155. The Hall–Kier alpha value is -2.75. The fourth-order valence-corrected chi connectivity index (χ4v) is 6.13. The third kappa shape index (κ3) is 4.34. The molecule has 0 unspecified atom stereocenters. The molecule has 2 heterocycles. The average molecular weight is 457 g/mol. The SMILES string of the molecule is O=C(Cc1ccccc1)N[C@@H]1C(=O)N2C(C(=O)O)=C(Sc3ccccc3CO)CS[C@H]12. The van der Waals surface area contributed by atoms with Crippen molar-refractivity contribution in [1.29, 1.82) is 0 Å². The highest BCUT2D eigenvalue weighted by atomic mass is 32.2. The van der Waals surface area contributed by atoms with Gasteiger partial charge >= 0.3 is 5.97 Å². The van der Waals surface area contributed by atoms with Gasteiger partial charge in [0.15, 0.2) is 0 Å². The van der Waals surface area contributed by atoms with Gasteiger partial charge < -0.3 is 15.5 Å². The number of nitrogens with one attached hydrogen (secondary N) is 1. The highest BCUT2D eigenvalue weighted by molar-refractivity contribution is 8.06. The number of aliphatic hydroxyl groups is 1. The molecule has 2 aliphatic heterocycles. The quantitative estimate of drug-likeness (QED) is 0.549. The Labute approximate surface area is 187 Å². The Bertz CT molecular complexity index is 1060. The van der Waals surface area contributed by atoms with Crippen molar-refractivity contribution in [3.63, 3.8) is 0 Å². The summed E-state index contributed by atoms with van der Waals surface area (Å²) in [5, 5.41) is 21.6. The van der Waals surface area contributed by atoms with Crippen LogP contribution in [-0.4, -0.2) is 50.1 Å². The lowest BCUT2D eigenvalue weighted by Crippen LogP contribution is -2.70. The van der Waals surface area contributed by atoms with E-state index in [1.807, 2.05) is 42.5 Å². The molecular formula is C22H20N2O5S2. The molecule has 2 aromatic carbocycles. The van der Waals surface area contributed by atoms with Gasteiger partial charge in [0, 0.05) is 15.6 Å². The van der Waals surface area contributed by atoms with Crippen LogP contribution in [0.3, 0.4) is 0 Å². The van der Waals surface area contributed by atoms with Gasteiger partial charge in [0.2, 0.25) is 5.91 Å². The topological polar surface area (TPSA) is 107 Å². The van der Waals surface area contributed by atoms with Crippen molar-refractivity contribution in [3.8, 4) is 0 Å². The van der Waals surface area contributed by atoms with Crippen LogP contribution in [0.4, 0.5) is 0 Å². The minimum atomic E-state index is -1.18. The molecule has 160 valence electrons. The van der Waals surface area contributed by atoms with E-state index in [4.69, 9.17) is 0 Å². The van der Waals surface area contributed by atoms with E-state index in [0.29, 0.717) is 16.2 Å². The summed E-state index contributed by atoms with van der Waals surface area (Å²) < 4.78 is 0. The van der Waals surface area contributed by atoms with E-state index >= 15 is 0 Å². The van der Waals surface area contributed by atoms with Gasteiger partial charge in [0.1, 0.15) is 17.1 Å². The second-order valence-electron chi connectivity index (χ2n) is 7.06. The maximum Gasteiger partial charge on any atom is 0.353 e. The fourth-order valence-electron chi connectivity index (χ4n) is 3.54. The van der Waals surface area contributed by atoms with Crippen molar-refractivity contribution < 1.29 is 24.6 Å². The summed E-state index contributed by atoms with van der Waals surface area (Å²) in [7, 11) is 0. The number of aliphatic hydroxyl groups excluding tert-OH is 1. The van der Waals surface area contributed by atoms with E-state index in [-0.39, 0.29) is 24.6 Å². The molecule has 1 fully saturated rings. The lowest BCUT2D eigenvalue weighted by molar-refractivity contribution is -0.150. The third-order valence-corrected chi connectivity index (χ3v) is 7.70. The van der Waals surface area contributed by atoms with Crippen LogP contribution in [0.25, 0.3) is 0 Å². The van der Waals surface area contributed by atoms with Crippen molar-refractivity contribution >= 4 is 41.3 Å². The Kier molecular flexibility index (Phi) is 6.35. The summed E-state index contributed by atoms with van der Waals surface area (Å²) in [5.41, 5.74) is 1.48. The molecular weight excluding hydrogens is 436 g/mol. The van der Waals surface area contributed by atoms with Gasteiger partial charge in [-0.3, -0.25) is 14.5 Å². The van der Waals surface area contributed by atoms with Crippen molar-refractivity contribution in [3.05, 3.63) is 76.3 Å². The molecule has 0 aromatic heterocycles. The number of nitrogens with zero attached hydrogens (tertiary/aromatic N) is 1. The van der Waals surface area contributed by atoms with Gasteiger partial charge in [0.05, 0.1) is 13.0 Å². The minimum absolute atomic E-state index is 0.0555. The van der Waals surface area contributed by atoms with Crippen LogP contribution in [-0.2, 0) is 27.4 Å². The first kappa shape index (κ1) is 21.5.